The number of carbonyl (C=O) groups is 1. The molecule has 0 spiro atoms. The fourth-order valence-electron chi connectivity index (χ4n) is 2.41. The van der Waals surface area contributed by atoms with Crippen LogP contribution in [0.2, 0.25) is 0 Å². The number of hydrogen-bond acceptors (Lipinski definition) is 3. The highest BCUT2D eigenvalue weighted by Crippen LogP contribution is 2.22. The summed E-state index contributed by atoms with van der Waals surface area (Å²) in [5.41, 5.74) is 5.90. The maximum absolute atomic E-state index is 11.9. The van der Waals surface area contributed by atoms with Crippen molar-refractivity contribution < 1.29 is 4.79 Å². The van der Waals surface area contributed by atoms with Crippen LogP contribution in [0.25, 0.3) is 0 Å². The first-order valence-electron chi connectivity index (χ1n) is 7.24. The van der Waals surface area contributed by atoms with E-state index >= 15 is 0 Å². The van der Waals surface area contributed by atoms with Gasteiger partial charge < -0.3 is 16.0 Å². The topological polar surface area (TPSA) is 58.4 Å². The van der Waals surface area contributed by atoms with Gasteiger partial charge in [0.2, 0.25) is 5.91 Å². The van der Waals surface area contributed by atoms with E-state index in [9.17, 15) is 4.79 Å². The second-order valence-electron chi connectivity index (χ2n) is 5.84. The molecule has 1 aliphatic carbocycles. The Morgan fingerprint density at radius 2 is 2.17 bits per heavy atom. The summed E-state index contributed by atoms with van der Waals surface area (Å²) >= 11 is 0. The van der Waals surface area contributed by atoms with Gasteiger partial charge in [0, 0.05) is 24.5 Å². The van der Waals surface area contributed by atoms with Crippen molar-refractivity contribution >= 4 is 5.91 Å². The highest BCUT2D eigenvalue weighted by Gasteiger charge is 2.24. The Morgan fingerprint density at radius 1 is 1.44 bits per heavy atom. The van der Waals surface area contributed by atoms with Gasteiger partial charge in [-0.25, -0.2) is 0 Å². The Kier molecular flexibility index (Phi) is 6.65. The normalized spacial score (nSPS) is 24.6. The monoisotopic (exact) mass is 255 g/mol. The zero-order chi connectivity index (χ0) is 13.5. The first-order valence-corrected chi connectivity index (χ1v) is 7.24. The van der Waals surface area contributed by atoms with Gasteiger partial charge in [-0.05, 0) is 53.1 Å². The van der Waals surface area contributed by atoms with E-state index in [0.29, 0.717) is 6.04 Å². The van der Waals surface area contributed by atoms with Crippen LogP contribution in [0.3, 0.4) is 0 Å². The number of nitrogens with two attached hydrogens (primary N) is 1. The van der Waals surface area contributed by atoms with Crippen LogP contribution in [0, 0.1) is 5.92 Å². The molecule has 4 heteroatoms. The van der Waals surface area contributed by atoms with Gasteiger partial charge in [-0.3, -0.25) is 4.79 Å². The van der Waals surface area contributed by atoms with E-state index in [0.717, 1.165) is 45.2 Å². The molecule has 0 heterocycles. The molecular weight excluding hydrogens is 226 g/mol. The smallest absolute Gasteiger partial charge is 0.223 e. The van der Waals surface area contributed by atoms with E-state index in [2.05, 4.69) is 31.1 Å². The molecule has 1 amide bonds. The maximum atomic E-state index is 11.9. The molecule has 0 bridgehead atoms. The summed E-state index contributed by atoms with van der Waals surface area (Å²) in [4.78, 5) is 14.2. The molecule has 0 radical (unpaired) electrons. The largest absolute Gasteiger partial charge is 0.356 e. The summed E-state index contributed by atoms with van der Waals surface area (Å²) in [7, 11) is 2.12. The van der Waals surface area contributed by atoms with E-state index in [1.54, 1.807) is 0 Å². The van der Waals surface area contributed by atoms with Crippen molar-refractivity contribution in [3.63, 3.8) is 0 Å². The molecule has 2 atom stereocenters. The molecule has 2 unspecified atom stereocenters. The molecule has 0 aromatic heterocycles. The third kappa shape index (κ3) is 5.36. The van der Waals surface area contributed by atoms with Crippen LogP contribution in [0.4, 0.5) is 0 Å². The minimum atomic E-state index is 0.150. The predicted molar refractivity (Wildman–Crippen MR) is 75.3 cm³/mol. The number of nitrogens with zero attached hydrogens (tertiary/aromatic N) is 1. The van der Waals surface area contributed by atoms with Crippen molar-refractivity contribution in [2.75, 3.05) is 20.1 Å². The molecular formula is C14H29N3O. The third-order valence-corrected chi connectivity index (χ3v) is 3.95. The number of rotatable bonds is 6. The predicted octanol–water partition coefficient (Wildman–Crippen LogP) is 1.35. The van der Waals surface area contributed by atoms with Crippen molar-refractivity contribution in [3.05, 3.63) is 0 Å². The van der Waals surface area contributed by atoms with Crippen LogP contribution in [-0.4, -0.2) is 43.0 Å². The quantitative estimate of drug-likeness (QED) is 0.704. The molecule has 1 fully saturated rings. The zero-order valence-electron chi connectivity index (χ0n) is 12.1. The minimum absolute atomic E-state index is 0.150. The van der Waals surface area contributed by atoms with Crippen molar-refractivity contribution in [2.45, 2.75) is 58.0 Å². The van der Waals surface area contributed by atoms with Crippen LogP contribution >= 0.6 is 0 Å². The van der Waals surface area contributed by atoms with Gasteiger partial charge in [-0.2, -0.15) is 0 Å². The molecule has 1 saturated carbocycles. The fourth-order valence-corrected chi connectivity index (χ4v) is 2.41. The van der Waals surface area contributed by atoms with Crippen LogP contribution in [0.1, 0.15) is 46.0 Å². The summed E-state index contributed by atoms with van der Waals surface area (Å²) in [6.45, 7) is 6.17. The average Bonchev–Trinajstić information content (AvgIpc) is 2.33. The first-order chi connectivity index (χ1) is 8.50. The van der Waals surface area contributed by atoms with E-state index in [4.69, 9.17) is 5.73 Å². The highest BCUT2D eigenvalue weighted by molar-refractivity contribution is 5.78. The minimum Gasteiger partial charge on any atom is -0.356 e. The zero-order valence-corrected chi connectivity index (χ0v) is 12.1. The number of amides is 1. The van der Waals surface area contributed by atoms with Gasteiger partial charge >= 0.3 is 0 Å². The molecule has 4 nitrogen and oxygen atoms in total. The Balaban J connectivity index is 2.13. The van der Waals surface area contributed by atoms with Gasteiger partial charge in [0.15, 0.2) is 0 Å². The molecule has 3 N–H and O–H groups in total. The van der Waals surface area contributed by atoms with Crippen molar-refractivity contribution in [3.8, 4) is 0 Å². The highest BCUT2D eigenvalue weighted by atomic mass is 16.1. The molecule has 0 aromatic carbocycles. The van der Waals surface area contributed by atoms with Gasteiger partial charge in [0.25, 0.3) is 0 Å². The summed E-state index contributed by atoms with van der Waals surface area (Å²) in [6.07, 6.45) is 5.04. The van der Waals surface area contributed by atoms with Crippen LogP contribution < -0.4 is 11.1 Å². The number of hydrogen-bond donors (Lipinski definition) is 2. The summed E-state index contributed by atoms with van der Waals surface area (Å²) in [5, 5.41) is 3.05. The van der Waals surface area contributed by atoms with E-state index < -0.39 is 0 Å². The number of nitrogens with one attached hydrogen (secondary N) is 1. The Hall–Kier alpha value is -0.610. The molecule has 18 heavy (non-hydrogen) atoms. The Bertz CT molecular complexity index is 255. The summed E-state index contributed by atoms with van der Waals surface area (Å²) in [6, 6.07) is 0.790. The van der Waals surface area contributed by atoms with Crippen LogP contribution in [0.5, 0.6) is 0 Å². The van der Waals surface area contributed by atoms with Crippen molar-refractivity contribution in [2.24, 2.45) is 11.7 Å². The fraction of sp³-hybridized carbons (Fsp3) is 0.929. The third-order valence-electron chi connectivity index (χ3n) is 3.95. The Morgan fingerprint density at radius 3 is 2.78 bits per heavy atom. The van der Waals surface area contributed by atoms with Crippen LogP contribution in [-0.2, 0) is 4.79 Å². The van der Waals surface area contributed by atoms with E-state index in [1.807, 2.05) is 0 Å². The first kappa shape index (κ1) is 15.4. The maximum Gasteiger partial charge on any atom is 0.223 e. The lowest BCUT2D eigenvalue weighted by molar-refractivity contribution is -0.126. The van der Waals surface area contributed by atoms with E-state index in [-0.39, 0.29) is 17.9 Å². The van der Waals surface area contributed by atoms with Crippen LogP contribution in [0.15, 0.2) is 0 Å². The van der Waals surface area contributed by atoms with Gasteiger partial charge in [0.1, 0.15) is 0 Å². The SMILES string of the molecule is CC(C)N(C)CCCNC(=O)C1CCCC(N)C1. The second kappa shape index (κ2) is 7.74. The summed E-state index contributed by atoms with van der Waals surface area (Å²) in [5.74, 6) is 0.355. The lowest BCUT2D eigenvalue weighted by Gasteiger charge is -2.26. The standard InChI is InChI=1S/C14H29N3O/c1-11(2)17(3)9-5-8-16-14(18)12-6-4-7-13(15)10-12/h11-13H,4-10,15H2,1-3H3,(H,16,18). The second-order valence-corrected chi connectivity index (χ2v) is 5.84. The number of carbonyl (C=O) groups excluding carboxylic acids is 1. The molecule has 0 aromatic rings. The lowest BCUT2D eigenvalue weighted by Crippen LogP contribution is -2.38. The molecule has 0 aliphatic heterocycles. The Labute approximate surface area is 111 Å². The van der Waals surface area contributed by atoms with Gasteiger partial charge in [0.05, 0.1) is 0 Å². The molecule has 1 rings (SSSR count). The van der Waals surface area contributed by atoms with Crippen molar-refractivity contribution in [1.82, 2.24) is 10.2 Å². The van der Waals surface area contributed by atoms with Crippen molar-refractivity contribution in [1.29, 1.82) is 0 Å². The van der Waals surface area contributed by atoms with E-state index in [1.165, 1.54) is 0 Å². The average molecular weight is 255 g/mol. The van der Waals surface area contributed by atoms with Gasteiger partial charge in [-0.1, -0.05) is 6.42 Å². The summed E-state index contributed by atoms with van der Waals surface area (Å²) < 4.78 is 0. The van der Waals surface area contributed by atoms with Gasteiger partial charge in [-0.15, -0.1) is 0 Å². The lowest BCUT2D eigenvalue weighted by atomic mass is 9.85. The molecule has 0 saturated heterocycles. The molecule has 1 aliphatic rings. The molecule has 106 valence electrons.